The molecule has 0 amide bonds. The van der Waals surface area contributed by atoms with Gasteiger partial charge in [-0.1, -0.05) is 24.3 Å². The van der Waals surface area contributed by atoms with E-state index in [-0.39, 0.29) is 5.41 Å². The van der Waals surface area contributed by atoms with Gasteiger partial charge in [0.2, 0.25) is 0 Å². The van der Waals surface area contributed by atoms with Gasteiger partial charge in [0.25, 0.3) is 0 Å². The minimum absolute atomic E-state index is 0.190. The molecule has 6 heteroatoms. The first-order valence-electron chi connectivity index (χ1n) is 13.1. The van der Waals surface area contributed by atoms with Gasteiger partial charge in [-0.3, -0.25) is 0 Å². The molecule has 0 spiro atoms. The molecule has 0 saturated heterocycles. The zero-order chi connectivity index (χ0) is 26.2. The Hall–Kier alpha value is -3.02. The molecule has 0 aromatic heterocycles. The van der Waals surface area contributed by atoms with Gasteiger partial charge in [-0.2, -0.15) is 13.2 Å². The van der Waals surface area contributed by atoms with Gasteiger partial charge in [-0.05, 0) is 127 Å². The van der Waals surface area contributed by atoms with Gasteiger partial charge in [0.15, 0.2) is 0 Å². The summed E-state index contributed by atoms with van der Waals surface area (Å²) in [6.45, 7) is 0. The number of hydrogen-bond donors (Lipinski definition) is 1. The Morgan fingerprint density at radius 1 is 1.03 bits per heavy atom. The van der Waals surface area contributed by atoms with Gasteiger partial charge >= 0.3 is 12.1 Å². The number of aryl methyl sites for hydroxylation is 1. The first kappa shape index (κ1) is 25.6. The number of halogens is 3. The van der Waals surface area contributed by atoms with Crippen LogP contribution in [-0.2, 0) is 22.8 Å². The first-order valence-corrected chi connectivity index (χ1v) is 13.1. The highest BCUT2D eigenvalue weighted by atomic mass is 19.4. The van der Waals surface area contributed by atoms with Crippen LogP contribution in [0.3, 0.4) is 0 Å². The fourth-order valence-electron chi connectivity index (χ4n) is 7.54. The number of aliphatic carboxylic acids is 1. The van der Waals surface area contributed by atoms with Gasteiger partial charge in [0.05, 0.1) is 12.7 Å². The smallest absolute Gasteiger partial charge is 0.416 e. The number of rotatable bonds is 8. The Kier molecular flexibility index (Phi) is 6.95. The van der Waals surface area contributed by atoms with Crippen molar-refractivity contribution in [3.8, 4) is 5.75 Å². The van der Waals surface area contributed by atoms with Crippen molar-refractivity contribution in [3.05, 3.63) is 82.9 Å². The number of ether oxygens (including phenoxy) is 1. The third kappa shape index (κ3) is 5.48. The standard InChI is InChI=1S/C31H33F3O3/c1-37-27-10-8-24(28(16-27)30-17-20-12-21(18-30)14-22(13-20)19-30)5-2-4-23(9-11-29(35)36)25-6-3-7-26(15-25)31(32,33)34/h3-4,6-11,15-16,20-22H,2,5,12-14,17-19H2,1H3,(H,35,36). The van der Waals surface area contributed by atoms with Crippen LogP contribution in [0, 0.1) is 17.8 Å². The molecule has 37 heavy (non-hydrogen) atoms. The molecule has 4 bridgehead atoms. The predicted octanol–water partition coefficient (Wildman–Crippen LogP) is 7.84. The minimum Gasteiger partial charge on any atom is -0.497 e. The molecule has 4 aliphatic carbocycles. The molecule has 0 aliphatic heterocycles. The van der Waals surface area contributed by atoms with Gasteiger partial charge in [-0.25, -0.2) is 4.79 Å². The maximum absolute atomic E-state index is 13.3. The molecule has 2 aromatic carbocycles. The second kappa shape index (κ2) is 10.0. The van der Waals surface area contributed by atoms with Gasteiger partial charge < -0.3 is 9.84 Å². The summed E-state index contributed by atoms with van der Waals surface area (Å²) in [6, 6.07) is 11.4. The third-order valence-electron chi connectivity index (χ3n) is 8.63. The maximum Gasteiger partial charge on any atom is 0.416 e. The van der Waals surface area contributed by atoms with Crippen LogP contribution in [0.1, 0.15) is 67.2 Å². The quantitative estimate of drug-likeness (QED) is 0.291. The summed E-state index contributed by atoms with van der Waals surface area (Å²) in [5.41, 5.74) is 2.89. The summed E-state index contributed by atoms with van der Waals surface area (Å²) in [6.07, 6.45) is 8.81. The second-order valence-corrected chi connectivity index (χ2v) is 11.2. The summed E-state index contributed by atoms with van der Waals surface area (Å²) in [5.74, 6) is 2.13. The SMILES string of the molecule is COc1ccc(CCC=C(C=CC(=O)O)c2cccc(C(F)(F)F)c2)c(C23CC4CC(CC(C4)C2)C3)c1. The van der Waals surface area contributed by atoms with Crippen LogP contribution in [0.5, 0.6) is 5.75 Å². The Morgan fingerprint density at radius 3 is 2.30 bits per heavy atom. The van der Waals surface area contributed by atoms with Crippen molar-refractivity contribution in [2.75, 3.05) is 7.11 Å². The van der Waals surface area contributed by atoms with Crippen molar-refractivity contribution in [3.63, 3.8) is 0 Å². The van der Waals surface area contributed by atoms with E-state index in [1.807, 2.05) is 12.1 Å². The Labute approximate surface area is 216 Å². The average molecular weight is 511 g/mol. The summed E-state index contributed by atoms with van der Waals surface area (Å²) in [5, 5.41) is 9.13. The molecule has 196 valence electrons. The van der Waals surface area contributed by atoms with E-state index in [1.54, 1.807) is 13.2 Å². The highest BCUT2D eigenvalue weighted by molar-refractivity contribution is 5.85. The molecular formula is C31H33F3O3. The van der Waals surface area contributed by atoms with Crippen LogP contribution in [0.25, 0.3) is 5.57 Å². The number of alkyl halides is 3. The molecule has 4 saturated carbocycles. The van der Waals surface area contributed by atoms with Crippen molar-refractivity contribution < 1.29 is 27.8 Å². The van der Waals surface area contributed by atoms with Crippen molar-refractivity contribution in [2.45, 2.75) is 63.0 Å². The summed E-state index contributed by atoms with van der Waals surface area (Å²) < 4.78 is 45.5. The molecule has 6 rings (SSSR count). The Morgan fingerprint density at radius 2 is 1.70 bits per heavy atom. The topological polar surface area (TPSA) is 46.5 Å². The number of methoxy groups -OCH3 is 1. The van der Waals surface area contributed by atoms with Gasteiger partial charge in [0.1, 0.15) is 5.75 Å². The van der Waals surface area contributed by atoms with E-state index in [0.717, 1.165) is 48.1 Å². The summed E-state index contributed by atoms with van der Waals surface area (Å²) >= 11 is 0. The van der Waals surface area contributed by atoms with Crippen LogP contribution in [0.15, 0.2) is 60.7 Å². The van der Waals surface area contributed by atoms with Crippen molar-refractivity contribution in [1.29, 1.82) is 0 Å². The van der Waals surface area contributed by atoms with E-state index in [0.29, 0.717) is 17.6 Å². The zero-order valence-electron chi connectivity index (χ0n) is 21.1. The number of carboxylic acids is 1. The van der Waals surface area contributed by atoms with E-state index in [4.69, 9.17) is 9.84 Å². The molecule has 3 nitrogen and oxygen atoms in total. The fraction of sp³-hybridized carbons (Fsp3) is 0.452. The van der Waals surface area contributed by atoms with Crippen LogP contribution < -0.4 is 4.74 Å². The van der Waals surface area contributed by atoms with E-state index in [9.17, 15) is 18.0 Å². The lowest BCUT2D eigenvalue weighted by molar-refractivity contribution is -0.137. The molecule has 4 aliphatic rings. The van der Waals surface area contributed by atoms with Gasteiger partial charge in [0, 0.05) is 6.08 Å². The second-order valence-electron chi connectivity index (χ2n) is 11.2. The highest BCUT2D eigenvalue weighted by Gasteiger charge is 2.52. The lowest BCUT2D eigenvalue weighted by atomic mass is 9.47. The van der Waals surface area contributed by atoms with Crippen LogP contribution in [-0.4, -0.2) is 18.2 Å². The molecule has 0 radical (unpaired) electrons. The minimum atomic E-state index is -4.46. The molecule has 0 unspecified atom stereocenters. The monoisotopic (exact) mass is 510 g/mol. The molecule has 2 aromatic rings. The molecular weight excluding hydrogens is 477 g/mol. The molecule has 4 fully saturated rings. The van der Waals surface area contributed by atoms with Crippen LogP contribution >= 0.6 is 0 Å². The number of hydrogen-bond acceptors (Lipinski definition) is 2. The van der Waals surface area contributed by atoms with Crippen molar-refractivity contribution in [1.82, 2.24) is 0 Å². The first-order chi connectivity index (χ1) is 17.6. The van der Waals surface area contributed by atoms with E-state index < -0.39 is 17.7 Å². The van der Waals surface area contributed by atoms with Crippen molar-refractivity contribution in [2.24, 2.45) is 17.8 Å². The largest absolute Gasteiger partial charge is 0.497 e. The maximum atomic E-state index is 13.3. The summed E-state index contributed by atoms with van der Waals surface area (Å²) in [4.78, 5) is 11.2. The number of carbonyl (C=O) groups is 1. The number of benzene rings is 2. The lowest BCUT2D eigenvalue weighted by Gasteiger charge is -2.57. The third-order valence-corrected chi connectivity index (χ3v) is 8.63. The number of allylic oxidation sites excluding steroid dienone is 3. The predicted molar refractivity (Wildman–Crippen MR) is 137 cm³/mol. The molecule has 0 atom stereocenters. The van der Waals surface area contributed by atoms with Crippen LogP contribution in [0.2, 0.25) is 0 Å². The van der Waals surface area contributed by atoms with E-state index in [1.165, 1.54) is 61.8 Å². The van der Waals surface area contributed by atoms with Crippen molar-refractivity contribution >= 4 is 11.5 Å². The zero-order valence-corrected chi connectivity index (χ0v) is 21.1. The molecule has 1 N–H and O–H groups in total. The fourth-order valence-corrected chi connectivity index (χ4v) is 7.54. The van der Waals surface area contributed by atoms with E-state index in [2.05, 4.69) is 12.1 Å². The normalized spacial score (nSPS) is 27.1. The average Bonchev–Trinajstić information content (AvgIpc) is 2.84. The Bertz CT molecular complexity index is 1190. The van der Waals surface area contributed by atoms with E-state index >= 15 is 0 Å². The number of carboxylic acid groups (broad SMARTS) is 1. The summed E-state index contributed by atoms with van der Waals surface area (Å²) in [7, 11) is 1.69. The Balaban J connectivity index is 1.44. The van der Waals surface area contributed by atoms with Gasteiger partial charge in [-0.15, -0.1) is 0 Å². The molecule has 0 heterocycles. The van der Waals surface area contributed by atoms with Crippen LogP contribution in [0.4, 0.5) is 13.2 Å². The lowest BCUT2D eigenvalue weighted by Crippen LogP contribution is -2.48. The highest BCUT2D eigenvalue weighted by Crippen LogP contribution is 2.61.